The molecule has 4 fully saturated rings. The van der Waals surface area contributed by atoms with Crippen molar-refractivity contribution in [1.82, 2.24) is 20.5 Å². The molecule has 4 N–H and O–H groups in total. The van der Waals surface area contributed by atoms with Gasteiger partial charge in [-0.3, -0.25) is 19.2 Å². The molecule has 0 radical (unpaired) electrons. The fourth-order valence-corrected chi connectivity index (χ4v) is 6.91. The highest BCUT2D eigenvalue weighted by Gasteiger charge is 2.54. The number of piperidine rings is 1. The lowest BCUT2D eigenvalue weighted by Gasteiger charge is -2.29. The van der Waals surface area contributed by atoms with Crippen LogP contribution in [0.15, 0.2) is 24.3 Å². The van der Waals surface area contributed by atoms with Gasteiger partial charge >= 0.3 is 0 Å². The van der Waals surface area contributed by atoms with Crippen molar-refractivity contribution in [2.45, 2.75) is 50.2 Å². The van der Waals surface area contributed by atoms with Gasteiger partial charge in [0.1, 0.15) is 24.1 Å². The number of carbonyl (C=O) groups excluding carboxylic acids is 4. The summed E-state index contributed by atoms with van der Waals surface area (Å²) in [6, 6.07) is 5.77. The Morgan fingerprint density at radius 1 is 1.24 bits per heavy atom. The fourth-order valence-electron chi connectivity index (χ4n) is 6.91. The van der Waals surface area contributed by atoms with Crippen LogP contribution in [-0.2, 0) is 14.4 Å². The largest absolute Gasteiger partial charge is 0.496 e. The van der Waals surface area contributed by atoms with Crippen molar-refractivity contribution < 1.29 is 29.0 Å². The van der Waals surface area contributed by atoms with Gasteiger partial charge in [0.15, 0.2) is 5.78 Å². The average Bonchev–Trinajstić information content (AvgIpc) is 3.26. The first-order valence-electron chi connectivity index (χ1n) is 13.1. The van der Waals surface area contributed by atoms with Crippen LogP contribution in [0.1, 0.15) is 42.6 Å². The topological polar surface area (TPSA) is 141 Å². The number of ether oxygens (including phenoxy) is 1. The molecule has 2 aromatic rings. The van der Waals surface area contributed by atoms with E-state index in [0.717, 1.165) is 36.6 Å². The molecule has 2 saturated heterocycles. The fraction of sp³-hybridized carbons (Fsp3) is 0.556. The monoisotopic (exact) mass is 508 g/mol. The molecule has 3 amide bonds. The molecule has 37 heavy (non-hydrogen) atoms. The van der Waals surface area contributed by atoms with Gasteiger partial charge in [0.2, 0.25) is 11.8 Å². The van der Waals surface area contributed by atoms with Crippen molar-refractivity contribution in [3.8, 4) is 5.75 Å². The second-order valence-electron chi connectivity index (χ2n) is 10.9. The van der Waals surface area contributed by atoms with Crippen LogP contribution < -0.4 is 15.4 Å². The van der Waals surface area contributed by atoms with Gasteiger partial charge in [0.05, 0.1) is 13.2 Å². The number of aromatic nitrogens is 1. The minimum absolute atomic E-state index is 0.00957. The zero-order valence-electron chi connectivity index (χ0n) is 20.7. The molecule has 4 aliphatic rings. The number of aromatic amines is 1. The van der Waals surface area contributed by atoms with Crippen LogP contribution in [0.25, 0.3) is 10.9 Å². The number of aliphatic hydroxyl groups excluding tert-OH is 1. The number of nitrogens with one attached hydrogen (secondary N) is 3. The van der Waals surface area contributed by atoms with Crippen LogP contribution in [0.5, 0.6) is 5.75 Å². The van der Waals surface area contributed by atoms with Crippen molar-refractivity contribution in [2.24, 2.45) is 23.7 Å². The second kappa shape index (κ2) is 9.16. The molecule has 1 aromatic heterocycles. The van der Waals surface area contributed by atoms with Gasteiger partial charge in [-0.25, -0.2) is 0 Å². The number of rotatable bonds is 8. The van der Waals surface area contributed by atoms with Gasteiger partial charge in [0.25, 0.3) is 5.91 Å². The number of hydrogen-bond acceptors (Lipinski definition) is 6. The minimum atomic E-state index is -0.970. The van der Waals surface area contributed by atoms with Crippen molar-refractivity contribution in [1.29, 1.82) is 0 Å². The number of H-pyrrole nitrogens is 1. The van der Waals surface area contributed by atoms with E-state index in [9.17, 15) is 24.3 Å². The summed E-state index contributed by atoms with van der Waals surface area (Å²) in [5, 5.41) is 16.1. The molecule has 0 bridgehead atoms. The summed E-state index contributed by atoms with van der Waals surface area (Å²) in [4.78, 5) is 57.1. The Balaban J connectivity index is 1.25. The predicted molar refractivity (Wildman–Crippen MR) is 133 cm³/mol. The second-order valence-corrected chi connectivity index (χ2v) is 10.9. The van der Waals surface area contributed by atoms with Gasteiger partial charge in [-0.15, -0.1) is 0 Å². The van der Waals surface area contributed by atoms with Crippen LogP contribution in [0, 0.1) is 23.7 Å². The van der Waals surface area contributed by atoms with E-state index in [1.807, 2.05) is 18.2 Å². The summed E-state index contributed by atoms with van der Waals surface area (Å²) in [6.45, 7) is -0.245. The Morgan fingerprint density at radius 3 is 2.81 bits per heavy atom. The molecule has 2 saturated carbocycles. The Kier molecular flexibility index (Phi) is 5.94. The number of carbonyl (C=O) groups is 4. The van der Waals surface area contributed by atoms with E-state index in [1.54, 1.807) is 18.1 Å². The summed E-state index contributed by atoms with van der Waals surface area (Å²) in [7, 11) is 1.58. The first-order valence-corrected chi connectivity index (χ1v) is 13.1. The molecular formula is C27H32N4O6. The third kappa shape index (κ3) is 4.07. The summed E-state index contributed by atoms with van der Waals surface area (Å²) >= 11 is 0. The average molecular weight is 509 g/mol. The maximum absolute atomic E-state index is 13.7. The third-order valence-electron chi connectivity index (χ3n) is 8.87. The maximum Gasteiger partial charge on any atom is 0.271 e. The Hall–Kier alpha value is -3.40. The van der Waals surface area contributed by atoms with E-state index < -0.39 is 30.4 Å². The normalized spacial score (nSPS) is 30.5. The van der Waals surface area contributed by atoms with Crippen molar-refractivity contribution in [3.05, 3.63) is 30.0 Å². The lowest BCUT2D eigenvalue weighted by Crippen LogP contribution is -2.53. The highest BCUT2D eigenvalue weighted by Crippen LogP contribution is 2.45. The van der Waals surface area contributed by atoms with E-state index in [0.29, 0.717) is 18.0 Å². The highest BCUT2D eigenvalue weighted by atomic mass is 16.5. The molecule has 1 aromatic carbocycles. The van der Waals surface area contributed by atoms with Gasteiger partial charge in [-0.05, 0) is 61.6 Å². The Morgan fingerprint density at radius 2 is 2.08 bits per heavy atom. The molecule has 196 valence electrons. The number of hydrogen-bond donors (Lipinski definition) is 4. The van der Waals surface area contributed by atoms with Crippen LogP contribution in [0.4, 0.5) is 0 Å². The third-order valence-corrected chi connectivity index (χ3v) is 8.87. The SMILES string of the molecule is COc1cccc2[nH]c(C(=O)N3CC4CCCC4C3C(=O)NC(CC3C(=O)NC4CC43)C(=O)CO)cc12. The van der Waals surface area contributed by atoms with Gasteiger partial charge in [-0.2, -0.15) is 0 Å². The van der Waals surface area contributed by atoms with Gasteiger partial charge < -0.3 is 30.4 Å². The van der Waals surface area contributed by atoms with Crippen LogP contribution in [0.3, 0.4) is 0 Å². The minimum Gasteiger partial charge on any atom is -0.496 e. The number of methoxy groups -OCH3 is 1. The molecule has 0 spiro atoms. The van der Waals surface area contributed by atoms with Gasteiger partial charge in [0, 0.05) is 29.4 Å². The molecule has 6 rings (SSSR count). The predicted octanol–water partition coefficient (Wildman–Crippen LogP) is 0.988. The smallest absolute Gasteiger partial charge is 0.271 e. The molecule has 2 aliphatic carbocycles. The van der Waals surface area contributed by atoms with Crippen LogP contribution in [0.2, 0.25) is 0 Å². The van der Waals surface area contributed by atoms with E-state index in [4.69, 9.17) is 4.74 Å². The number of likely N-dealkylation sites (tertiary alicyclic amines) is 1. The van der Waals surface area contributed by atoms with Crippen LogP contribution >= 0.6 is 0 Å². The number of fused-ring (bicyclic) bond motifs is 3. The highest BCUT2D eigenvalue weighted by molar-refractivity contribution is 6.02. The number of aliphatic hydroxyl groups is 1. The van der Waals surface area contributed by atoms with E-state index >= 15 is 0 Å². The first-order chi connectivity index (χ1) is 17.9. The maximum atomic E-state index is 13.7. The number of benzene rings is 1. The van der Waals surface area contributed by atoms with Gasteiger partial charge in [-0.1, -0.05) is 12.5 Å². The summed E-state index contributed by atoms with van der Waals surface area (Å²) < 4.78 is 5.43. The number of Topliss-reactive ketones (excluding diaryl/α,β-unsaturated/α-hetero) is 1. The molecule has 3 heterocycles. The number of nitrogens with zero attached hydrogens (tertiary/aromatic N) is 1. The Bertz CT molecular complexity index is 1270. The lowest BCUT2D eigenvalue weighted by molar-refractivity contribution is -0.133. The Labute approximate surface area is 214 Å². The summed E-state index contributed by atoms with van der Waals surface area (Å²) in [5.41, 5.74) is 1.15. The zero-order valence-corrected chi connectivity index (χ0v) is 20.7. The van der Waals surface area contributed by atoms with E-state index in [2.05, 4.69) is 15.6 Å². The van der Waals surface area contributed by atoms with Crippen molar-refractivity contribution >= 4 is 34.4 Å². The zero-order chi connectivity index (χ0) is 25.8. The van der Waals surface area contributed by atoms with Crippen molar-refractivity contribution in [2.75, 3.05) is 20.3 Å². The molecule has 7 unspecified atom stereocenters. The quantitative estimate of drug-likeness (QED) is 0.419. The summed E-state index contributed by atoms with van der Waals surface area (Å²) in [5.74, 6) is -0.578. The molecule has 7 atom stereocenters. The van der Waals surface area contributed by atoms with E-state index in [1.165, 1.54) is 0 Å². The van der Waals surface area contributed by atoms with Crippen LogP contribution in [-0.4, -0.2) is 76.9 Å². The number of amides is 3. The standard InChI is InChI=1S/C27H32N4O6/c1-37-23-7-3-6-18-17(23)10-21(28-18)27(36)31-11-13-4-2-5-14(13)24(31)26(35)30-20(22(33)12-32)9-16-15-8-19(15)29-25(16)34/h3,6-7,10,13-16,19-20,24,28,32H,2,4-5,8-9,11-12H2,1H3,(H,29,34)(H,30,35). The van der Waals surface area contributed by atoms with E-state index in [-0.39, 0.29) is 47.9 Å². The molecule has 10 nitrogen and oxygen atoms in total. The van der Waals surface area contributed by atoms with Crippen molar-refractivity contribution in [3.63, 3.8) is 0 Å². The molecule has 2 aliphatic heterocycles. The molecular weight excluding hydrogens is 476 g/mol. The number of ketones is 1. The first kappa shape index (κ1) is 24.0. The molecule has 10 heteroatoms. The summed E-state index contributed by atoms with van der Waals surface area (Å²) in [6.07, 6.45) is 3.82. The lowest BCUT2D eigenvalue weighted by atomic mass is 9.91.